The van der Waals surface area contributed by atoms with Gasteiger partial charge < -0.3 is 4.57 Å². The van der Waals surface area contributed by atoms with Crippen LogP contribution < -0.4 is 0 Å². The Kier molecular flexibility index (Phi) is 4.57. The number of thioether (sulfide) groups is 1. The number of hydrogen-bond donors (Lipinski definition) is 0. The third-order valence-corrected chi connectivity index (χ3v) is 4.36. The summed E-state index contributed by atoms with van der Waals surface area (Å²) in [5.41, 5.74) is 3.58. The molecule has 1 unspecified atom stereocenters. The van der Waals surface area contributed by atoms with Crippen molar-refractivity contribution in [3.8, 4) is 0 Å². The third-order valence-electron chi connectivity index (χ3n) is 3.22. The van der Waals surface area contributed by atoms with Crippen molar-refractivity contribution >= 4 is 34.4 Å². The van der Waals surface area contributed by atoms with Crippen LogP contribution in [0, 0.1) is 6.92 Å². The number of hydrogen-bond acceptors (Lipinski definition) is 2. The number of halogens is 1. The van der Waals surface area contributed by atoms with Gasteiger partial charge in [-0.2, -0.15) is 11.8 Å². The number of aryl methyl sites for hydroxylation is 2. The lowest BCUT2D eigenvalue weighted by Crippen LogP contribution is -2.12. The van der Waals surface area contributed by atoms with Gasteiger partial charge in [0.25, 0.3) is 0 Å². The normalized spacial score (nSPS) is 13.1. The molecule has 1 aromatic carbocycles. The average Bonchev–Trinajstić information content (AvgIpc) is 2.70. The molecule has 2 nitrogen and oxygen atoms in total. The van der Waals surface area contributed by atoms with Crippen molar-refractivity contribution in [1.82, 2.24) is 9.55 Å². The van der Waals surface area contributed by atoms with Crippen LogP contribution in [-0.2, 0) is 13.0 Å². The van der Waals surface area contributed by atoms with Crippen molar-refractivity contribution in [1.29, 1.82) is 0 Å². The van der Waals surface area contributed by atoms with Crippen LogP contribution in [0.1, 0.15) is 18.3 Å². The number of fused-ring (bicyclic) bond motifs is 1. The van der Waals surface area contributed by atoms with Crippen molar-refractivity contribution < 1.29 is 0 Å². The molecule has 98 valence electrons. The topological polar surface area (TPSA) is 17.8 Å². The average molecular weight is 283 g/mol. The molecule has 1 heterocycles. The first kappa shape index (κ1) is 13.8. The molecule has 0 aliphatic rings. The second-order valence-corrected chi connectivity index (χ2v) is 6.22. The van der Waals surface area contributed by atoms with Gasteiger partial charge in [0.15, 0.2) is 0 Å². The number of alkyl halides is 1. The maximum absolute atomic E-state index is 5.89. The van der Waals surface area contributed by atoms with Gasteiger partial charge in [0.05, 0.1) is 11.0 Å². The van der Waals surface area contributed by atoms with E-state index in [2.05, 4.69) is 42.9 Å². The van der Waals surface area contributed by atoms with E-state index in [0.29, 0.717) is 11.1 Å². The first-order valence-electron chi connectivity index (χ1n) is 6.21. The zero-order valence-electron chi connectivity index (χ0n) is 11.1. The van der Waals surface area contributed by atoms with Gasteiger partial charge in [-0.15, -0.1) is 11.6 Å². The summed E-state index contributed by atoms with van der Waals surface area (Å²) in [5, 5.41) is 0.581. The van der Waals surface area contributed by atoms with Gasteiger partial charge in [-0.25, -0.2) is 4.98 Å². The number of para-hydroxylation sites is 1. The Morgan fingerprint density at radius 2 is 2.22 bits per heavy atom. The Bertz CT molecular complexity index is 536. The molecule has 4 heteroatoms. The molecule has 0 radical (unpaired) electrons. The predicted octanol–water partition coefficient (Wildman–Crippen LogP) is 3.88. The van der Waals surface area contributed by atoms with E-state index in [4.69, 9.17) is 16.6 Å². The molecule has 0 saturated carbocycles. The minimum absolute atomic E-state index is 0.581. The highest BCUT2D eigenvalue weighted by Crippen LogP contribution is 2.22. The monoisotopic (exact) mass is 282 g/mol. The van der Waals surface area contributed by atoms with Gasteiger partial charge in [-0.05, 0) is 24.8 Å². The minimum Gasteiger partial charge on any atom is -0.327 e. The Balaban J connectivity index is 2.52. The molecule has 18 heavy (non-hydrogen) atoms. The van der Waals surface area contributed by atoms with Crippen molar-refractivity contribution in [2.75, 3.05) is 12.1 Å². The van der Waals surface area contributed by atoms with Crippen LogP contribution in [0.4, 0.5) is 0 Å². The summed E-state index contributed by atoms with van der Waals surface area (Å²) >= 11 is 7.77. The molecule has 0 spiro atoms. The molecule has 2 rings (SSSR count). The molecule has 1 aromatic heterocycles. The van der Waals surface area contributed by atoms with Crippen molar-refractivity contribution in [2.24, 2.45) is 0 Å². The molecular formula is C14H19ClN2S. The zero-order chi connectivity index (χ0) is 13.1. The number of rotatable bonds is 5. The molecule has 0 saturated heterocycles. The van der Waals surface area contributed by atoms with Crippen LogP contribution in [0.2, 0.25) is 0 Å². The fourth-order valence-electron chi connectivity index (χ4n) is 2.15. The summed E-state index contributed by atoms with van der Waals surface area (Å²) in [7, 11) is 0. The Labute approximate surface area is 118 Å². The van der Waals surface area contributed by atoms with Crippen LogP contribution in [0.15, 0.2) is 18.2 Å². The van der Waals surface area contributed by atoms with E-state index in [1.807, 2.05) is 11.8 Å². The Hall–Kier alpha value is -0.670. The van der Waals surface area contributed by atoms with Gasteiger partial charge in [-0.3, -0.25) is 0 Å². The highest BCUT2D eigenvalue weighted by Gasteiger charge is 2.13. The molecule has 0 fully saturated rings. The fourth-order valence-corrected chi connectivity index (χ4v) is 2.61. The van der Waals surface area contributed by atoms with Crippen LogP contribution in [0.3, 0.4) is 0 Å². The predicted molar refractivity (Wildman–Crippen MR) is 81.9 cm³/mol. The highest BCUT2D eigenvalue weighted by molar-refractivity contribution is 7.99. The van der Waals surface area contributed by atoms with Gasteiger partial charge in [0.1, 0.15) is 5.82 Å². The summed E-state index contributed by atoms with van der Waals surface area (Å²) in [4.78, 5) is 4.76. The third kappa shape index (κ3) is 2.67. The summed E-state index contributed by atoms with van der Waals surface area (Å²) < 4.78 is 2.33. The van der Waals surface area contributed by atoms with E-state index in [-0.39, 0.29) is 0 Å². The molecule has 0 N–H and O–H groups in total. The minimum atomic E-state index is 0.581. The molecule has 0 bridgehead atoms. The van der Waals surface area contributed by atoms with Crippen molar-refractivity contribution in [3.05, 3.63) is 29.6 Å². The number of benzene rings is 1. The molecule has 0 aliphatic heterocycles. The first-order chi connectivity index (χ1) is 8.67. The number of imidazole rings is 1. The van der Waals surface area contributed by atoms with Crippen LogP contribution in [-0.4, -0.2) is 26.9 Å². The van der Waals surface area contributed by atoms with E-state index >= 15 is 0 Å². The first-order valence-corrected chi connectivity index (χ1v) is 8.03. The van der Waals surface area contributed by atoms with Crippen LogP contribution in [0.5, 0.6) is 0 Å². The van der Waals surface area contributed by atoms with Gasteiger partial charge >= 0.3 is 0 Å². The summed E-state index contributed by atoms with van der Waals surface area (Å²) in [5.74, 6) is 1.73. The van der Waals surface area contributed by atoms with Crippen molar-refractivity contribution in [3.63, 3.8) is 0 Å². The SMILES string of the molecule is CSC(C)Cn1c(CCCl)nc2c(C)cccc21. The molecule has 2 aromatic rings. The quantitative estimate of drug-likeness (QED) is 0.775. The lowest BCUT2D eigenvalue weighted by Gasteiger charge is -2.13. The summed E-state index contributed by atoms with van der Waals surface area (Å²) in [6.07, 6.45) is 2.98. The summed E-state index contributed by atoms with van der Waals surface area (Å²) in [6, 6.07) is 6.37. The smallest absolute Gasteiger partial charge is 0.111 e. The van der Waals surface area contributed by atoms with E-state index < -0.39 is 0 Å². The molecular weight excluding hydrogens is 264 g/mol. The van der Waals surface area contributed by atoms with Crippen LogP contribution >= 0.6 is 23.4 Å². The maximum Gasteiger partial charge on any atom is 0.111 e. The summed E-state index contributed by atoms with van der Waals surface area (Å²) in [6.45, 7) is 5.35. The lowest BCUT2D eigenvalue weighted by atomic mass is 10.2. The fraction of sp³-hybridized carbons (Fsp3) is 0.500. The van der Waals surface area contributed by atoms with Gasteiger partial charge in [-0.1, -0.05) is 19.1 Å². The van der Waals surface area contributed by atoms with E-state index in [0.717, 1.165) is 24.3 Å². The largest absolute Gasteiger partial charge is 0.327 e. The van der Waals surface area contributed by atoms with Gasteiger partial charge in [0.2, 0.25) is 0 Å². The molecule has 0 aliphatic carbocycles. The van der Waals surface area contributed by atoms with E-state index in [1.54, 1.807) is 0 Å². The molecule has 0 amide bonds. The Morgan fingerprint density at radius 1 is 1.44 bits per heavy atom. The van der Waals surface area contributed by atoms with Crippen molar-refractivity contribution in [2.45, 2.75) is 32.1 Å². The van der Waals surface area contributed by atoms with Crippen LogP contribution in [0.25, 0.3) is 11.0 Å². The maximum atomic E-state index is 5.89. The Morgan fingerprint density at radius 3 is 2.89 bits per heavy atom. The van der Waals surface area contributed by atoms with Gasteiger partial charge in [0, 0.05) is 24.1 Å². The molecule has 1 atom stereocenters. The number of nitrogens with zero attached hydrogens (tertiary/aromatic N) is 2. The second kappa shape index (κ2) is 5.98. The standard InChI is InChI=1S/C14H19ClN2S/c1-10-5-4-6-12-14(10)16-13(7-8-15)17(12)9-11(2)18-3/h4-6,11H,7-9H2,1-3H3. The number of aromatic nitrogens is 2. The lowest BCUT2D eigenvalue weighted by molar-refractivity contribution is 0.672. The zero-order valence-corrected chi connectivity index (χ0v) is 12.7. The highest BCUT2D eigenvalue weighted by atomic mass is 35.5. The van der Waals surface area contributed by atoms with E-state index in [9.17, 15) is 0 Å². The second-order valence-electron chi connectivity index (χ2n) is 4.57. The van der Waals surface area contributed by atoms with E-state index in [1.165, 1.54) is 11.1 Å².